The number of ether oxygens (including phenoxy) is 1. The standard InChI is InChI=1S/C21H25BrCl2N2O2/c1-3-26(4-2)11-12-28-20-9-8-17(14-19(20)24)25-21(27)10-6-15-5-7-16(22)13-18(15)23/h5,7-9,13-14H,3-4,6,10-12H2,1-2H3,(H,25,27). The average Bonchev–Trinajstić information content (AvgIpc) is 2.66. The number of halogens is 3. The first-order valence-corrected chi connectivity index (χ1v) is 10.9. The summed E-state index contributed by atoms with van der Waals surface area (Å²) < 4.78 is 6.67. The minimum absolute atomic E-state index is 0.0924. The van der Waals surface area contributed by atoms with Gasteiger partial charge in [-0.2, -0.15) is 0 Å². The van der Waals surface area contributed by atoms with Gasteiger partial charge in [0.15, 0.2) is 0 Å². The van der Waals surface area contributed by atoms with E-state index in [0.717, 1.165) is 29.7 Å². The third kappa shape index (κ3) is 7.28. The maximum Gasteiger partial charge on any atom is 0.224 e. The van der Waals surface area contributed by atoms with Crippen molar-refractivity contribution in [1.29, 1.82) is 0 Å². The zero-order valence-corrected chi connectivity index (χ0v) is 19.2. The summed E-state index contributed by atoms with van der Waals surface area (Å²) in [6.45, 7) is 7.65. The highest BCUT2D eigenvalue weighted by atomic mass is 79.9. The van der Waals surface area contributed by atoms with Crippen LogP contribution in [0.2, 0.25) is 10.0 Å². The monoisotopic (exact) mass is 486 g/mol. The predicted octanol–water partition coefficient (Wildman–Crippen LogP) is 6.05. The zero-order valence-electron chi connectivity index (χ0n) is 16.1. The number of carbonyl (C=O) groups excluding carboxylic acids is 1. The van der Waals surface area contributed by atoms with Gasteiger partial charge in [-0.25, -0.2) is 0 Å². The Kier molecular flexibility index (Phi) is 9.59. The molecule has 0 atom stereocenters. The maximum atomic E-state index is 12.2. The molecule has 0 aliphatic heterocycles. The van der Waals surface area contributed by atoms with Gasteiger partial charge in [0.2, 0.25) is 5.91 Å². The van der Waals surface area contributed by atoms with Gasteiger partial charge in [-0.1, -0.05) is 59.0 Å². The van der Waals surface area contributed by atoms with Crippen LogP contribution in [0.3, 0.4) is 0 Å². The van der Waals surface area contributed by atoms with Crippen LogP contribution < -0.4 is 10.1 Å². The highest BCUT2D eigenvalue weighted by molar-refractivity contribution is 9.10. The molecule has 0 saturated carbocycles. The van der Waals surface area contributed by atoms with Crippen LogP contribution >= 0.6 is 39.1 Å². The molecular formula is C21H25BrCl2N2O2. The first-order chi connectivity index (χ1) is 13.4. The molecule has 0 aromatic heterocycles. The van der Waals surface area contributed by atoms with E-state index >= 15 is 0 Å². The molecule has 0 aliphatic carbocycles. The number of anilines is 1. The maximum absolute atomic E-state index is 12.2. The number of amides is 1. The Labute approximate surface area is 185 Å². The number of nitrogens with zero attached hydrogens (tertiary/aromatic N) is 1. The highest BCUT2D eigenvalue weighted by Crippen LogP contribution is 2.28. The molecule has 2 aromatic rings. The lowest BCUT2D eigenvalue weighted by Crippen LogP contribution is -2.27. The number of nitrogens with one attached hydrogen (secondary N) is 1. The normalized spacial score (nSPS) is 10.9. The van der Waals surface area contributed by atoms with E-state index < -0.39 is 0 Å². The van der Waals surface area contributed by atoms with E-state index in [1.807, 2.05) is 18.2 Å². The number of benzene rings is 2. The van der Waals surface area contributed by atoms with Crippen LogP contribution in [0.5, 0.6) is 5.75 Å². The van der Waals surface area contributed by atoms with E-state index in [-0.39, 0.29) is 5.91 Å². The summed E-state index contributed by atoms with van der Waals surface area (Å²) in [5.41, 5.74) is 1.59. The fourth-order valence-corrected chi connectivity index (χ4v) is 3.72. The smallest absolute Gasteiger partial charge is 0.224 e. The molecule has 1 amide bonds. The third-order valence-electron chi connectivity index (χ3n) is 4.41. The second kappa shape index (κ2) is 11.7. The van der Waals surface area contributed by atoms with Crippen molar-refractivity contribution in [2.45, 2.75) is 26.7 Å². The SMILES string of the molecule is CCN(CC)CCOc1ccc(NC(=O)CCc2ccc(Br)cc2Cl)cc1Cl. The molecule has 0 unspecified atom stereocenters. The van der Waals surface area contributed by atoms with Gasteiger partial charge < -0.3 is 15.0 Å². The fraction of sp³-hybridized carbons (Fsp3) is 0.381. The molecule has 0 heterocycles. The quantitative estimate of drug-likeness (QED) is 0.443. The van der Waals surface area contributed by atoms with Crippen molar-refractivity contribution in [2.75, 3.05) is 31.6 Å². The van der Waals surface area contributed by atoms with Crippen LogP contribution in [0.25, 0.3) is 0 Å². The number of carbonyl (C=O) groups is 1. The summed E-state index contributed by atoms with van der Waals surface area (Å²) in [6.07, 6.45) is 0.902. The van der Waals surface area contributed by atoms with Crippen LogP contribution in [0, 0.1) is 0 Å². The van der Waals surface area contributed by atoms with Crippen LogP contribution in [0.15, 0.2) is 40.9 Å². The topological polar surface area (TPSA) is 41.6 Å². The second-order valence-corrected chi connectivity index (χ2v) is 8.03. The van der Waals surface area contributed by atoms with Gasteiger partial charge in [-0.3, -0.25) is 4.79 Å². The number of rotatable bonds is 10. The molecule has 0 aliphatic rings. The van der Waals surface area contributed by atoms with Crippen LogP contribution in [0.1, 0.15) is 25.8 Å². The molecule has 7 heteroatoms. The van der Waals surface area contributed by atoms with E-state index in [4.69, 9.17) is 27.9 Å². The lowest BCUT2D eigenvalue weighted by Gasteiger charge is -2.18. The Morgan fingerprint density at radius 2 is 1.86 bits per heavy atom. The third-order valence-corrected chi connectivity index (χ3v) is 5.55. The van der Waals surface area contributed by atoms with Crippen molar-refractivity contribution in [3.8, 4) is 5.75 Å². The molecule has 2 aromatic carbocycles. The Hall–Kier alpha value is -1.27. The molecular weight excluding hydrogens is 463 g/mol. The zero-order chi connectivity index (χ0) is 20.5. The Morgan fingerprint density at radius 3 is 2.50 bits per heavy atom. The summed E-state index contributed by atoms with van der Waals surface area (Å²) in [4.78, 5) is 14.5. The minimum Gasteiger partial charge on any atom is -0.491 e. The molecule has 4 nitrogen and oxygen atoms in total. The molecule has 28 heavy (non-hydrogen) atoms. The van der Waals surface area contributed by atoms with E-state index in [9.17, 15) is 4.79 Å². The number of likely N-dealkylation sites (N-methyl/N-ethyl adjacent to an activating group) is 1. The molecule has 0 fully saturated rings. The van der Waals surface area contributed by atoms with Gasteiger partial charge in [-0.15, -0.1) is 0 Å². The summed E-state index contributed by atoms with van der Waals surface area (Å²) in [6, 6.07) is 10.9. The van der Waals surface area contributed by atoms with Crippen molar-refractivity contribution in [3.05, 3.63) is 56.5 Å². The van der Waals surface area contributed by atoms with E-state index in [1.165, 1.54) is 0 Å². The summed E-state index contributed by atoms with van der Waals surface area (Å²) in [7, 11) is 0. The van der Waals surface area contributed by atoms with Crippen molar-refractivity contribution >= 4 is 50.7 Å². The van der Waals surface area contributed by atoms with Gasteiger partial charge in [0.05, 0.1) is 5.02 Å². The van der Waals surface area contributed by atoms with Crippen LogP contribution in [-0.4, -0.2) is 37.0 Å². The second-order valence-electron chi connectivity index (χ2n) is 6.30. The Bertz CT molecular complexity index is 798. The van der Waals surface area contributed by atoms with Crippen molar-refractivity contribution in [3.63, 3.8) is 0 Å². The van der Waals surface area contributed by atoms with Gasteiger partial charge in [0, 0.05) is 28.1 Å². The summed E-state index contributed by atoms with van der Waals surface area (Å²) in [5, 5.41) is 3.99. The number of aryl methyl sites for hydroxylation is 1. The first kappa shape index (κ1) is 23.0. The number of hydrogen-bond acceptors (Lipinski definition) is 3. The van der Waals surface area contributed by atoms with Crippen molar-refractivity contribution < 1.29 is 9.53 Å². The molecule has 0 spiro atoms. The van der Waals surface area contributed by atoms with Crippen molar-refractivity contribution in [1.82, 2.24) is 4.90 Å². The fourth-order valence-electron chi connectivity index (χ4n) is 2.72. The summed E-state index contributed by atoms with van der Waals surface area (Å²) >= 11 is 15.9. The highest BCUT2D eigenvalue weighted by Gasteiger charge is 2.09. The molecule has 0 radical (unpaired) electrons. The predicted molar refractivity (Wildman–Crippen MR) is 121 cm³/mol. The Morgan fingerprint density at radius 1 is 1.11 bits per heavy atom. The minimum atomic E-state index is -0.0924. The average molecular weight is 488 g/mol. The van der Waals surface area contributed by atoms with Gasteiger partial charge in [0.25, 0.3) is 0 Å². The van der Waals surface area contributed by atoms with E-state index in [1.54, 1.807) is 18.2 Å². The first-order valence-electron chi connectivity index (χ1n) is 9.31. The number of hydrogen-bond donors (Lipinski definition) is 1. The van der Waals surface area contributed by atoms with Gasteiger partial charge in [-0.05, 0) is 55.4 Å². The molecule has 1 N–H and O–H groups in total. The Balaban J connectivity index is 1.85. The van der Waals surface area contributed by atoms with Gasteiger partial charge >= 0.3 is 0 Å². The molecule has 152 valence electrons. The molecule has 0 saturated heterocycles. The summed E-state index contributed by atoms with van der Waals surface area (Å²) in [5.74, 6) is 0.527. The largest absolute Gasteiger partial charge is 0.491 e. The van der Waals surface area contributed by atoms with Crippen molar-refractivity contribution in [2.24, 2.45) is 0 Å². The molecule has 0 bridgehead atoms. The van der Waals surface area contributed by atoms with Gasteiger partial charge in [0.1, 0.15) is 12.4 Å². The van der Waals surface area contributed by atoms with E-state index in [0.29, 0.717) is 40.9 Å². The lowest BCUT2D eigenvalue weighted by atomic mass is 10.1. The van der Waals surface area contributed by atoms with Crippen LogP contribution in [-0.2, 0) is 11.2 Å². The molecule has 2 rings (SSSR count). The lowest BCUT2D eigenvalue weighted by molar-refractivity contribution is -0.116. The van der Waals surface area contributed by atoms with E-state index in [2.05, 4.69) is 40.0 Å². The van der Waals surface area contributed by atoms with Crippen LogP contribution in [0.4, 0.5) is 5.69 Å².